The van der Waals surface area contributed by atoms with E-state index in [1.165, 1.54) is 19.3 Å². The lowest BCUT2D eigenvalue weighted by Gasteiger charge is -2.16. The molecule has 96 valence electrons. The Morgan fingerprint density at radius 3 is 2.28 bits per heavy atom. The molecule has 0 atom stereocenters. The molecule has 0 bridgehead atoms. The van der Waals surface area contributed by atoms with Crippen LogP contribution in [0, 0.1) is 12.7 Å². The zero-order valence-corrected chi connectivity index (χ0v) is 9.16. The van der Waals surface area contributed by atoms with Gasteiger partial charge in [0.2, 0.25) is 0 Å². The Labute approximate surface area is 99.0 Å². The molecule has 0 aliphatic carbocycles. The fraction of sp³-hybridized carbons (Fsp3) is 0.200. The second-order valence-electron chi connectivity index (χ2n) is 3.61. The molecule has 18 heavy (non-hydrogen) atoms. The van der Waals surface area contributed by atoms with Gasteiger partial charge >= 0.3 is 6.18 Å². The Hall–Kier alpha value is -2.12. The Morgan fingerprint density at radius 1 is 1.22 bits per heavy atom. The van der Waals surface area contributed by atoms with Crippen LogP contribution in [-0.4, -0.2) is 15.0 Å². The van der Waals surface area contributed by atoms with Gasteiger partial charge in [-0.1, -0.05) is 0 Å². The number of nitrogens with zero attached hydrogens (tertiary/aromatic N) is 3. The molecule has 0 amide bonds. The Morgan fingerprint density at radius 2 is 1.78 bits per heavy atom. The van der Waals surface area contributed by atoms with Crippen molar-refractivity contribution in [1.82, 2.24) is 15.0 Å². The number of halogens is 4. The van der Waals surface area contributed by atoms with Crippen molar-refractivity contribution in [2.45, 2.75) is 13.1 Å². The van der Waals surface area contributed by atoms with Crippen LogP contribution in [0.1, 0.15) is 11.1 Å². The lowest BCUT2D eigenvalue weighted by atomic mass is 10.1. The van der Waals surface area contributed by atoms with E-state index in [1.54, 1.807) is 0 Å². The fourth-order valence-corrected chi connectivity index (χ4v) is 1.59. The smallest absolute Gasteiger partial charge is 0.396 e. The van der Waals surface area contributed by atoms with Crippen LogP contribution in [0.2, 0.25) is 0 Å². The molecule has 1 heterocycles. The molecule has 0 saturated heterocycles. The Kier molecular flexibility index (Phi) is 2.72. The number of benzene rings is 1. The minimum Gasteiger partial charge on any atom is -0.396 e. The lowest BCUT2D eigenvalue weighted by Crippen LogP contribution is -2.16. The molecule has 8 heteroatoms. The average molecular weight is 260 g/mol. The van der Waals surface area contributed by atoms with Gasteiger partial charge in [-0.05, 0) is 13.0 Å². The van der Waals surface area contributed by atoms with Crippen molar-refractivity contribution < 1.29 is 17.6 Å². The second-order valence-corrected chi connectivity index (χ2v) is 3.61. The summed E-state index contributed by atoms with van der Waals surface area (Å²) in [6, 6.07) is 0.348. The van der Waals surface area contributed by atoms with Crippen molar-refractivity contribution in [1.29, 1.82) is 0 Å². The maximum atomic E-state index is 13.3. The first kappa shape index (κ1) is 12.3. The van der Waals surface area contributed by atoms with Crippen molar-refractivity contribution in [2.75, 3.05) is 5.73 Å². The van der Waals surface area contributed by atoms with Crippen LogP contribution in [0.5, 0.6) is 0 Å². The number of nitrogens with two attached hydrogens (primary N) is 1. The maximum Gasteiger partial charge on any atom is 0.418 e. The first-order chi connectivity index (χ1) is 8.32. The summed E-state index contributed by atoms with van der Waals surface area (Å²) >= 11 is 0. The van der Waals surface area contributed by atoms with Gasteiger partial charge in [0, 0.05) is 5.56 Å². The number of rotatable bonds is 1. The highest BCUT2D eigenvalue weighted by molar-refractivity contribution is 5.61. The summed E-state index contributed by atoms with van der Waals surface area (Å²) in [5, 5.41) is 7.24. The first-order valence-electron chi connectivity index (χ1n) is 4.85. The quantitative estimate of drug-likeness (QED) is 0.632. The highest BCUT2D eigenvalue weighted by Crippen LogP contribution is 2.37. The monoisotopic (exact) mass is 260 g/mol. The summed E-state index contributed by atoms with van der Waals surface area (Å²) < 4.78 is 51.9. The maximum absolute atomic E-state index is 13.3. The van der Waals surface area contributed by atoms with E-state index in [2.05, 4.69) is 10.2 Å². The summed E-state index contributed by atoms with van der Waals surface area (Å²) in [5.41, 5.74) is 3.45. The predicted molar refractivity (Wildman–Crippen MR) is 55.5 cm³/mol. The third-order valence-electron chi connectivity index (χ3n) is 2.47. The highest BCUT2D eigenvalue weighted by atomic mass is 19.4. The molecule has 4 nitrogen and oxygen atoms in total. The Bertz CT molecular complexity index is 575. The summed E-state index contributed by atoms with van der Waals surface area (Å²) in [6.07, 6.45) is -2.28. The zero-order chi connectivity index (χ0) is 13.5. The molecule has 0 aliphatic rings. The molecule has 2 N–H and O–H groups in total. The molecular weight excluding hydrogens is 252 g/mol. The van der Waals surface area contributed by atoms with Crippen LogP contribution >= 0.6 is 0 Å². The van der Waals surface area contributed by atoms with E-state index < -0.39 is 17.6 Å². The molecule has 0 fully saturated rings. The van der Waals surface area contributed by atoms with Crippen molar-refractivity contribution in [3.05, 3.63) is 35.4 Å². The fourth-order valence-electron chi connectivity index (χ4n) is 1.59. The molecular formula is C10H8F4N4. The van der Waals surface area contributed by atoms with Crippen LogP contribution < -0.4 is 5.73 Å². The number of hydrogen-bond donors (Lipinski definition) is 1. The van der Waals surface area contributed by atoms with Crippen molar-refractivity contribution in [3.63, 3.8) is 0 Å². The highest BCUT2D eigenvalue weighted by Gasteiger charge is 2.37. The van der Waals surface area contributed by atoms with E-state index in [9.17, 15) is 17.6 Å². The molecule has 0 aliphatic heterocycles. The van der Waals surface area contributed by atoms with Crippen molar-refractivity contribution in [2.24, 2.45) is 0 Å². The molecule has 1 aromatic heterocycles. The summed E-state index contributed by atoms with van der Waals surface area (Å²) in [4.78, 5) is 0.772. The van der Waals surface area contributed by atoms with Crippen LogP contribution in [0.4, 0.5) is 23.2 Å². The SMILES string of the molecule is Cc1c(N)c(F)cc(C(F)(F)F)c1-n1nccn1. The molecule has 0 spiro atoms. The van der Waals surface area contributed by atoms with Gasteiger partial charge in [-0.25, -0.2) is 4.39 Å². The van der Waals surface area contributed by atoms with E-state index in [1.807, 2.05) is 0 Å². The van der Waals surface area contributed by atoms with Crippen LogP contribution in [0.15, 0.2) is 18.5 Å². The van der Waals surface area contributed by atoms with Gasteiger partial charge in [0.1, 0.15) is 11.5 Å². The lowest BCUT2D eigenvalue weighted by molar-refractivity contribution is -0.137. The number of aromatic nitrogens is 3. The standard InChI is InChI=1S/C10H8F4N4/c1-5-8(15)7(11)4-6(10(12,13)14)9(5)18-16-2-3-17-18/h2-4H,15H2,1H3. The minimum atomic E-state index is -4.72. The van der Waals surface area contributed by atoms with Crippen LogP contribution in [-0.2, 0) is 6.18 Å². The largest absolute Gasteiger partial charge is 0.418 e. The van der Waals surface area contributed by atoms with Gasteiger partial charge in [0.25, 0.3) is 0 Å². The van der Waals surface area contributed by atoms with E-state index in [0.29, 0.717) is 6.07 Å². The summed E-state index contributed by atoms with van der Waals surface area (Å²) in [6.45, 7) is 1.28. The number of anilines is 1. The van der Waals surface area contributed by atoms with E-state index in [-0.39, 0.29) is 16.9 Å². The summed E-state index contributed by atoms with van der Waals surface area (Å²) in [5.74, 6) is -1.12. The number of nitrogen functional groups attached to an aromatic ring is 1. The van der Waals surface area contributed by atoms with Gasteiger partial charge in [-0.3, -0.25) is 0 Å². The van der Waals surface area contributed by atoms with Crippen LogP contribution in [0.25, 0.3) is 5.69 Å². The molecule has 1 aromatic carbocycles. The molecule has 0 saturated carbocycles. The van der Waals surface area contributed by atoms with Crippen molar-refractivity contribution >= 4 is 5.69 Å². The van der Waals surface area contributed by atoms with Crippen LogP contribution in [0.3, 0.4) is 0 Å². The first-order valence-corrected chi connectivity index (χ1v) is 4.85. The van der Waals surface area contributed by atoms with Crippen molar-refractivity contribution in [3.8, 4) is 5.69 Å². The predicted octanol–water partition coefficient (Wildman–Crippen LogP) is 2.32. The molecule has 2 aromatic rings. The normalized spacial score (nSPS) is 11.8. The molecule has 0 unspecified atom stereocenters. The second kappa shape index (κ2) is 3.97. The van der Waals surface area contributed by atoms with Gasteiger partial charge in [-0.2, -0.15) is 28.2 Å². The van der Waals surface area contributed by atoms with Gasteiger partial charge in [0.05, 0.1) is 23.6 Å². The van der Waals surface area contributed by atoms with E-state index in [4.69, 9.17) is 5.73 Å². The summed E-state index contributed by atoms with van der Waals surface area (Å²) in [7, 11) is 0. The topological polar surface area (TPSA) is 56.7 Å². The number of alkyl halides is 3. The van der Waals surface area contributed by atoms with E-state index in [0.717, 1.165) is 4.80 Å². The van der Waals surface area contributed by atoms with E-state index >= 15 is 0 Å². The third kappa shape index (κ3) is 1.89. The van der Waals surface area contributed by atoms with Gasteiger partial charge < -0.3 is 5.73 Å². The average Bonchev–Trinajstić information content (AvgIpc) is 2.77. The van der Waals surface area contributed by atoms with Gasteiger partial charge in [0.15, 0.2) is 0 Å². The van der Waals surface area contributed by atoms with Gasteiger partial charge in [-0.15, -0.1) is 0 Å². The zero-order valence-electron chi connectivity index (χ0n) is 9.16. The minimum absolute atomic E-state index is 0.0569. The third-order valence-corrected chi connectivity index (χ3v) is 2.47. The Balaban J connectivity index is 2.81. The molecule has 0 radical (unpaired) electrons. The molecule has 2 rings (SSSR count). The number of hydrogen-bond acceptors (Lipinski definition) is 3.